The maximum atomic E-state index is 11.2. The Bertz CT molecular complexity index is 448. The molecule has 0 saturated carbocycles. The van der Waals surface area contributed by atoms with Crippen molar-refractivity contribution in [2.45, 2.75) is 5.38 Å². The van der Waals surface area contributed by atoms with Gasteiger partial charge >= 0.3 is 11.7 Å². The van der Waals surface area contributed by atoms with Crippen LogP contribution in [0.3, 0.4) is 0 Å². The van der Waals surface area contributed by atoms with Gasteiger partial charge < -0.3 is 9.47 Å². The van der Waals surface area contributed by atoms with Gasteiger partial charge in [-0.1, -0.05) is 0 Å². The first-order valence-corrected chi connectivity index (χ1v) is 4.99. The minimum atomic E-state index is -1.02. The van der Waals surface area contributed by atoms with Gasteiger partial charge in [0, 0.05) is 6.07 Å². The van der Waals surface area contributed by atoms with Gasteiger partial charge in [0.15, 0.2) is 11.1 Å². The third kappa shape index (κ3) is 2.85. The number of nitrogens with zero attached hydrogens (tertiary/aromatic N) is 1. The molecule has 0 heterocycles. The molecule has 0 N–H and O–H groups in total. The molecule has 92 valence electrons. The van der Waals surface area contributed by atoms with Crippen LogP contribution in [0.1, 0.15) is 10.9 Å². The minimum absolute atomic E-state index is 0.0436. The SMILES string of the molecule is COC(=O)C(Cl)c1ccc([N+](=O)[O-])c(OC)c1. The van der Waals surface area contributed by atoms with E-state index in [2.05, 4.69) is 4.74 Å². The Morgan fingerprint density at radius 2 is 2.12 bits per heavy atom. The molecule has 0 amide bonds. The van der Waals surface area contributed by atoms with Crippen LogP contribution in [0.25, 0.3) is 0 Å². The number of rotatable bonds is 4. The lowest BCUT2D eigenvalue weighted by atomic mass is 10.1. The van der Waals surface area contributed by atoms with Gasteiger partial charge in [-0.15, -0.1) is 11.6 Å². The standard InChI is InChI=1S/C10H10ClNO5/c1-16-8-5-6(9(11)10(13)17-2)3-4-7(8)12(14)15/h3-5,9H,1-2H3. The van der Waals surface area contributed by atoms with Gasteiger partial charge in [-0.25, -0.2) is 0 Å². The molecule has 0 aliphatic heterocycles. The average Bonchev–Trinajstić information content (AvgIpc) is 2.35. The van der Waals surface area contributed by atoms with E-state index in [1.807, 2.05) is 0 Å². The molecule has 0 bridgehead atoms. The summed E-state index contributed by atoms with van der Waals surface area (Å²) in [5.74, 6) is -0.593. The first-order chi connectivity index (χ1) is 8.01. The van der Waals surface area contributed by atoms with E-state index in [1.54, 1.807) is 0 Å². The summed E-state index contributed by atoms with van der Waals surface area (Å²) in [6.45, 7) is 0. The van der Waals surface area contributed by atoms with Crippen LogP contribution in [0.4, 0.5) is 5.69 Å². The summed E-state index contributed by atoms with van der Waals surface area (Å²) < 4.78 is 9.33. The number of halogens is 1. The monoisotopic (exact) mass is 259 g/mol. The molecular formula is C10H10ClNO5. The Labute approximate surface area is 102 Å². The van der Waals surface area contributed by atoms with Crippen molar-refractivity contribution in [3.63, 3.8) is 0 Å². The number of alkyl halides is 1. The number of hydrogen-bond acceptors (Lipinski definition) is 5. The predicted octanol–water partition coefficient (Wildman–Crippen LogP) is 2.06. The fourth-order valence-electron chi connectivity index (χ4n) is 1.24. The number of nitro groups is 1. The van der Waals surface area contributed by atoms with Gasteiger partial charge in [0.2, 0.25) is 0 Å². The van der Waals surface area contributed by atoms with E-state index in [-0.39, 0.29) is 11.4 Å². The van der Waals surface area contributed by atoms with E-state index < -0.39 is 16.3 Å². The zero-order valence-electron chi connectivity index (χ0n) is 9.18. The average molecular weight is 260 g/mol. The molecule has 0 aromatic heterocycles. The molecule has 0 saturated heterocycles. The van der Waals surface area contributed by atoms with Crippen molar-refractivity contribution in [2.24, 2.45) is 0 Å². The molecule has 6 nitrogen and oxygen atoms in total. The predicted molar refractivity (Wildman–Crippen MR) is 60.3 cm³/mol. The second kappa shape index (κ2) is 5.49. The van der Waals surface area contributed by atoms with Crippen LogP contribution in [-0.4, -0.2) is 25.1 Å². The third-order valence-electron chi connectivity index (χ3n) is 2.10. The lowest BCUT2D eigenvalue weighted by Gasteiger charge is -2.09. The number of benzene rings is 1. The van der Waals surface area contributed by atoms with Crippen molar-refractivity contribution in [1.29, 1.82) is 0 Å². The van der Waals surface area contributed by atoms with Crippen molar-refractivity contribution in [2.75, 3.05) is 14.2 Å². The summed E-state index contributed by atoms with van der Waals surface area (Å²) >= 11 is 5.82. The fourth-order valence-corrected chi connectivity index (χ4v) is 1.47. The summed E-state index contributed by atoms with van der Waals surface area (Å²) in [4.78, 5) is 21.3. The van der Waals surface area contributed by atoms with Gasteiger partial charge in [0.25, 0.3) is 0 Å². The first-order valence-electron chi connectivity index (χ1n) is 4.55. The Balaban J connectivity index is 3.13. The van der Waals surface area contributed by atoms with Crippen LogP contribution in [0, 0.1) is 10.1 Å². The Morgan fingerprint density at radius 3 is 2.59 bits per heavy atom. The highest BCUT2D eigenvalue weighted by atomic mass is 35.5. The molecule has 1 aromatic rings. The van der Waals surface area contributed by atoms with Crippen LogP contribution in [0.15, 0.2) is 18.2 Å². The smallest absolute Gasteiger partial charge is 0.328 e. The molecule has 0 spiro atoms. The molecule has 0 fully saturated rings. The number of carbonyl (C=O) groups is 1. The van der Waals surface area contributed by atoms with E-state index in [0.29, 0.717) is 5.56 Å². The number of esters is 1. The number of nitro benzene ring substituents is 1. The van der Waals surface area contributed by atoms with Crippen LogP contribution in [0.2, 0.25) is 0 Å². The molecule has 1 rings (SSSR count). The van der Waals surface area contributed by atoms with E-state index in [4.69, 9.17) is 16.3 Å². The Morgan fingerprint density at radius 1 is 1.47 bits per heavy atom. The summed E-state index contributed by atoms with van der Waals surface area (Å²) in [6.07, 6.45) is 0. The van der Waals surface area contributed by atoms with Crippen LogP contribution >= 0.6 is 11.6 Å². The fraction of sp³-hybridized carbons (Fsp3) is 0.300. The second-order valence-electron chi connectivity index (χ2n) is 3.07. The quantitative estimate of drug-likeness (QED) is 0.358. The molecule has 1 atom stereocenters. The number of methoxy groups -OCH3 is 2. The highest BCUT2D eigenvalue weighted by molar-refractivity contribution is 6.29. The van der Waals surface area contributed by atoms with Crippen molar-refractivity contribution < 1.29 is 19.2 Å². The molecule has 0 aliphatic carbocycles. The maximum Gasteiger partial charge on any atom is 0.328 e. The molecular weight excluding hydrogens is 250 g/mol. The largest absolute Gasteiger partial charge is 0.490 e. The number of ether oxygens (including phenoxy) is 2. The molecule has 0 radical (unpaired) electrons. The topological polar surface area (TPSA) is 78.7 Å². The van der Waals surface area contributed by atoms with Gasteiger partial charge in [-0.2, -0.15) is 0 Å². The van der Waals surface area contributed by atoms with E-state index in [9.17, 15) is 14.9 Å². The summed E-state index contributed by atoms with van der Waals surface area (Å²) in [7, 11) is 2.51. The van der Waals surface area contributed by atoms with E-state index in [0.717, 1.165) is 0 Å². The van der Waals surface area contributed by atoms with Crippen molar-refractivity contribution in [1.82, 2.24) is 0 Å². The summed E-state index contributed by atoms with van der Waals surface area (Å²) in [5, 5.41) is 9.63. The zero-order chi connectivity index (χ0) is 13.0. The molecule has 17 heavy (non-hydrogen) atoms. The van der Waals surface area contributed by atoms with Gasteiger partial charge in [-0.05, 0) is 17.7 Å². The number of hydrogen-bond donors (Lipinski definition) is 0. The Kier molecular flexibility index (Phi) is 4.28. The van der Waals surface area contributed by atoms with Crippen LogP contribution in [-0.2, 0) is 9.53 Å². The first kappa shape index (κ1) is 13.2. The van der Waals surface area contributed by atoms with Gasteiger partial charge in [0.1, 0.15) is 0 Å². The Hall–Kier alpha value is -1.82. The summed E-state index contributed by atoms with van der Waals surface area (Å²) in [5.41, 5.74) is 0.186. The molecule has 7 heteroatoms. The van der Waals surface area contributed by atoms with Crippen molar-refractivity contribution in [3.8, 4) is 5.75 Å². The second-order valence-corrected chi connectivity index (χ2v) is 3.51. The van der Waals surface area contributed by atoms with E-state index in [1.165, 1.54) is 32.4 Å². The molecule has 1 unspecified atom stereocenters. The van der Waals surface area contributed by atoms with Crippen molar-refractivity contribution in [3.05, 3.63) is 33.9 Å². The highest BCUT2D eigenvalue weighted by Gasteiger charge is 2.22. The summed E-state index contributed by atoms with van der Waals surface area (Å²) in [6, 6.07) is 3.95. The van der Waals surface area contributed by atoms with Gasteiger partial charge in [-0.3, -0.25) is 14.9 Å². The normalized spacial score (nSPS) is 11.7. The van der Waals surface area contributed by atoms with Crippen LogP contribution < -0.4 is 4.74 Å². The zero-order valence-corrected chi connectivity index (χ0v) is 9.93. The van der Waals surface area contributed by atoms with Crippen molar-refractivity contribution >= 4 is 23.3 Å². The highest BCUT2D eigenvalue weighted by Crippen LogP contribution is 2.32. The lowest BCUT2D eigenvalue weighted by Crippen LogP contribution is -2.09. The molecule has 1 aromatic carbocycles. The van der Waals surface area contributed by atoms with Gasteiger partial charge in [0.05, 0.1) is 19.1 Å². The molecule has 0 aliphatic rings. The van der Waals surface area contributed by atoms with E-state index >= 15 is 0 Å². The third-order valence-corrected chi connectivity index (χ3v) is 2.53. The minimum Gasteiger partial charge on any atom is -0.490 e. The lowest BCUT2D eigenvalue weighted by molar-refractivity contribution is -0.385. The number of carbonyl (C=O) groups excluding carboxylic acids is 1. The maximum absolute atomic E-state index is 11.2. The van der Waals surface area contributed by atoms with Crippen LogP contribution in [0.5, 0.6) is 5.75 Å².